The highest BCUT2D eigenvalue weighted by atomic mass is 35.5. The fourth-order valence-corrected chi connectivity index (χ4v) is 3.89. The normalized spacial score (nSPS) is 16.1. The van der Waals surface area contributed by atoms with Crippen LogP contribution >= 0.6 is 11.6 Å². The quantitative estimate of drug-likeness (QED) is 0.617. The van der Waals surface area contributed by atoms with Gasteiger partial charge in [-0.3, -0.25) is 4.79 Å². The van der Waals surface area contributed by atoms with E-state index in [0.29, 0.717) is 29.0 Å². The Bertz CT molecular complexity index is 1060. The van der Waals surface area contributed by atoms with Crippen LogP contribution in [0.3, 0.4) is 0 Å². The van der Waals surface area contributed by atoms with Crippen molar-refractivity contribution in [2.75, 3.05) is 30.4 Å². The number of carbonyl (C=O) groups is 1. The van der Waals surface area contributed by atoms with Gasteiger partial charge in [0, 0.05) is 36.7 Å². The van der Waals surface area contributed by atoms with Crippen molar-refractivity contribution < 1.29 is 13.9 Å². The molecule has 1 aliphatic heterocycles. The lowest BCUT2D eigenvalue weighted by Crippen LogP contribution is -2.41. The Morgan fingerprint density at radius 1 is 1.16 bits per heavy atom. The average molecular weight is 441 g/mol. The summed E-state index contributed by atoms with van der Waals surface area (Å²) in [7, 11) is 1.55. The summed E-state index contributed by atoms with van der Waals surface area (Å²) >= 11 is 6.15. The van der Waals surface area contributed by atoms with Gasteiger partial charge in [0.05, 0.1) is 18.1 Å². The van der Waals surface area contributed by atoms with Gasteiger partial charge >= 0.3 is 0 Å². The minimum atomic E-state index is -0.282. The van der Waals surface area contributed by atoms with Crippen LogP contribution in [0.2, 0.25) is 5.02 Å². The molecule has 31 heavy (non-hydrogen) atoms. The zero-order valence-corrected chi connectivity index (χ0v) is 17.8. The summed E-state index contributed by atoms with van der Waals surface area (Å²) in [5.41, 5.74) is 2.29. The molecule has 1 amide bonds. The van der Waals surface area contributed by atoms with Gasteiger partial charge in [0.1, 0.15) is 11.6 Å². The first kappa shape index (κ1) is 21.1. The molecule has 2 aromatic carbocycles. The van der Waals surface area contributed by atoms with Gasteiger partial charge < -0.3 is 15.0 Å². The van der Waals surface area contributed by atoms with E-state index in [9.17, 15) is 9.18 Å². The predicted octanol–water partition coefficient (Wildman–Crippen LogP) is 4.80. The van der Waals surface area contributed by atoms with Gasteiger partial charge in [0.2, 0.25) is 11.9 Å². The van der Waals surface area contributed by atoms with Crippen LogP contribution in [0.25, 0.3) is 11.1 Å². The maximum atomic E-state index is 13.1. The number of hydrogen-bond donors (Lipinski definition) is 1. The summed E-state index contributed by atoms with van der Waals surface area (Å²) in [6.45, 7) is 1.32. The largest absolute Gasteiger partial charge is 0.495 e. The van der Waals surface area contributed by atoms with Gasteiger partial charge in [0.15, 0.2) is 0 Å². The van der Waals surface area contributed by atoms with E-state index in [-0.39, 0.29) is 17.6 Å². The summed E-state index contributed by atoms with van der Waals surface area (Å²) < 4.78 is 18.3. The van der Waals surface area contributed by atoms with Gasteiger partial charge in [-0.1, -0.05) is 23.7 Å². The number of hydrogen-bond acceptors (Lipinski definition) is 5. The molecule has 6 nitrogen and oxygen atoms in total. The van der Waals surface area contributed by atoms with E-state index >= 15 is 0 Å². The first-order valence-electron chi connectivity index (χ1n) is 10.0. The maximum absolute atomic E-state index is 13.1. The van der Waals surface area contributed by atoms with E-state index in [1.165, 1.54) is 12.1 Å². The molecule has 1 saturated heterocycles. The minimum Gasteiger partial charge on any atom is -0.495 e. The number of halogens is 2. The monoisotopic (exact) mass is 440 g/mol. The van der Waals surface area contributed by atoms with Crippen LogP contribution in [0.1, 0.15) is 12.8 Å². The second-order valence-electron chi connectivity index (χ2n) is 7.40. The van der Waals surface area contributed by atoms with Crippen LogP contribution in [-0.2, 0) is 4.79 Å². The van der Waals surface area contributed by atoms with E-state index in [2.05, 4.69) is 15.3 Å². The van der Waals surface area contributed by atoms with Gasteiger partial charge in [-0.25, -0.2) is 14.4 Å². The molecule has 1 N–H and O–H groups in total. The number of methoxy groups -OCH3 is 1. The highest BCUT2D eigenvalue weighted by Gasteiger charge is 2.27. The van der Waals surface area contributed by atoms with E-state index < -0.39 is 0 Å². The molecule has 1 atom stereocenters. The molecule has 1 aromatic heterocycles. The van der Waals surface area contributed by atoms with Crippen molar-refractivity contribution in [3.8, 4) is 16.9 Å². The molecule has 1 fully saturated rings. The molecule has 0 saturated carbocycles. The van der Waals surface area contributed by atoms with Crippen molar-refractivity contribution >= 4 is 29.1 Å². The zero-order chi connectivity index (χ0) is 21.8. The molecular weight excluding hydrogens is 419 g/mol. The number of piperidine rings is 1. The first-order chi connectivity index (χ1) is 15.0. The average Bonchev–Trinajstić information content (AvgIpc) is 2.80. The first-order valence-corrected chi connectivity index (χ1v) is 10.4. The van der Waals surface area contributed by atoms with Crippen molar-refractivity contribution in [1.82, 2.24) is 9.97 Å². The number of nitrogens with zero attached hydrogens (tertiary/aromatic N) is 3. The standard InChI is InChI=1S/C23H22ClFN4O2/c1-31-21-9-8-19(11-20(21)24)28-22(30)16-3-2-10-29(14-16)23-26-12-17(13-27-23)15-4-6-18(25)7-5-15/h4-9,11-13,16H,2-3,10,14H2,1H3,(H,28,30)/t16-/m0/s1. The molecule has 4 rings (SSSR count). The summed E-state index contributed by atoms with van der Waals surface area (Å²) in [5, 5.41) is 3.38. The number of amides is 1. The number of anilines is 2. The van der Waals surface area contributed by atoms with Crippen LogP contribution in [0.15, 0.2) is 54.9 Å². The van der Waals surface area contributed by atoms with Crippen LogP contribution in [0.4, 0.5) is 16.0 Å². The molecule has 3 aromatic rings. The van der Waals surface area contributed by atoms with E-state index in [1.54, 1.807) is 49.8 Å². The number of benzene rings is 2. The Morgan fingerprint density at radius 3 is 2.58 bits per heavy atom. The Kier molecular flexibility index (Phi) is 6.32. The number of aromatic nitrogens is 2. The molecule has 0 spiro atoms. The van der Waals surface area contributed by atoms with Crippen molar-refractivity contribution in [2.24, 2.45) is 5.92 Å². The SMILES string of the molecule is COc1ccc(NC(=O)[C@H]2CCCN(c3ncc(-c4ccc(F)cc4)cn3)C2)cc1Cl. The Hall–Kier alpha value is -3.19. The number of nitrogens with one attached hydrogen (secondary N) is 1. The van der Waals surface area contributed by atoms with Crippen molar-refractivity contribution in [1.29, 1.82) is 0 Å². The molecule has 0 unspecified atom stereocenters. The Balaban J connectivity index is 1.41. The number of ether oxygens (including phenoxy) is 1. The minimum absolute atomic E-state index is 0.0612. The van der Waals surface area contributed by atoms with Crippen molar-refractivity contribution in [3.05, 3.63) is 65.7 Å². The van der Waals surface area contributed by atoms with Gasteiger partial charge in [-0.2, -0.15) is 0 Å². The smallest absolute Gasteiger partial charge is 0.229 e. The van der Waals surface area contributed by atoms with Gasteiger partial charge in [-0.05, 0) is 48.7 Å². The number of rotatable bonds is 5. The molecule has 1 aliphatic rings. The third-order valence-corrected chi connectivity index (χ3v) is 5.61. The van der Waals surface area contributed by atoms with Gasteiger partial charge in [-0.15, -0.1) is 0 Å². The molecule has 0 bridgehead atoms. The summed E-state index contributed by atoms with van der Waals surface area (Å²) in [4.78, 5) is 23.7. The third-order valence-electron chi connectivity index (χ3n) is 5.31. The topological polar surface area (TPSA) is 67.3 Å². The summed E-state index contributed by atoms with van der Waals surface area (Å²) in [5.74, 6) is 0.611. The van der Waals surface area contributed by atoms with E-state index in [0.717, 1.165) is 30.5 Å². The summed E-state index contributed by atoms with van der Waals surface area (Å²) in [6, 6.07) is 11.4. The Morgan fingerprint density at radius 2 is 1.90 bits per heavy atom. The maximum Gasteiger partial charge on any atom is 0.229 e. The van der Waals surface area contributed by atoms with Crippen LogP contribution in [0, 0.1) is 11.7 Å². The lowest BCUT2D eigenvalue weighted by atomic mass is 9.97. The molecule has 2 heterocycles. The third kappa shape index (κ3) is 4.94. The predicted molar refractivity (Wildman–Crippen MR) is 119 cm³/mol. The molecule has 160 valence electrons. The van der Waals surface area contributed by atoms with E-state index in [1.807, 2.05) is 4.90 Å². The summed E-state index contributed by atoms with van der Waals surface area (Å²) in [6.07, 6.45) is 5.10. The van der Waals surface area contributed by atoms with Crippen LogP contribution < -0.4 is 15.0 Å². The second kappa shape index (κ2) is 9.31. The lowest BCUT2D eigenvalue weighted by molar-refractivity contribution is -0.120. The van der Waals surface area contributed by atoms with Crippen molar-refractivity contribution in [2.45, 2.75) is 12.8 Å². The van der Waals surface area contributed by atoms with E-state index in [4.69, 9.17) is 16.3 Å². The molecule has 0 aliphatic carbocycles. The number of carbonyl (C=O) groups excluding carboxylic acids is 1. The van der Waals surface area contributed by atoms with Gasteiger partial charge in [0.25, 0.3) is 0 Å². The highest BCUT2D eigenvalue weighted by Crippen LogP contribution is 2.28. The zero-order valence-electron chi connectivity index (χ0n) is 17.0. The molecule has 8 heteroatoms. The van der Waals surface area contributed by atoms with Crippen molar-refractivity contribution in [3.63, 3.8) is 0 Å². The molecular formula is C23H22ClFN4O2. The Labute approximate surface area is 185 Å². The fourth-order valence-electron chi connectivity index (χ4n) is 3.64. The highest BCUT2D eigenvalue weighted by molar-refractivity contribution is 6.32. The van der Waals surface area contributed by atoms with Crippen LogP contribution in [-0.4, -0.2) is 36.1 Å². The second-order valence-corrected chi connectivity index (χ2v) is 7.81. The van der Waals surface area contributed by atoms with Crippen LogP contribution in [0.5, 0.6) is 5.75 Å². The molecule has 0 radical (unpaired) electrons. The lowest BCUT2D eigenvalue weighted by Gasteiger charge is -2.32. The fraction of sp³-hybridized carbons (Fsp3) is 0.261.